The SMILES string of the molecule is CN(C)C(=O)CN=C(NCCOc1ccccc1)NCC1CCCO1. The van der Waals surface area contributed by atoms with E-state index >= 15 is 0 Å². The molecule has 1 saturated heterocycles. The largest absolute Gasteiger partial charge is 0.492 e. The molecule has 0 saturated carbocycles. The third-order valence-electron chi connectivity index (χ3n) is 3.80. The first-order valence-electron chi connectivity index (χ1n) is 8.67. The minimum Gasteiger partial charge on any atom is -0.492 e. The standard InChI is InChI=1S/C18H28N4O3/c1-22(2)17(23)14-21-18(20-13-16-9-6-11-24-16)19-10-12-25-15-7-4-3-5-8-15/h3-5,7-8,16H,6,9-14H2,1-2H3,(H2,19,20,21). The molecule has 1 atom stereocenters. The Hall–Kier alpha value is -2.28. The van der Waals surface area contributed by atoms with E-state index in [0.29, 0.717) is 25.7 Å². The van der Waals surface area contributed by atoms with Crippen LogP contribution in [0.4, 0.5) is 0 Å². The number of rotatable bonds is 8. The minimum absolute atomic E-state index is 0.0428. The molecule has 1 aromatic carbocycles. The van der Waals surface area contributed by atoms with Crippen LogP contribution in [0.15, 0.2) is 35.3 Å². The quantitative estimate of drug-likeness (QED) is 0.414. The third kappa shape index (κ3) is 7.43. The molecule has 1 fully saturated rings. The van der Waals surface area contributed by atoms with Crippen LogP contribution in [0.3, 0.4) is 0 Å². The van der Waals surface area contributed by atoms with Crippen LogP contribution in [0.5, 0.6) is 5.75 Å². The van der Waals surface area contributed by atoms with Gasteiger partial charge in [-0.2, -0.15) is 0 Å². The molecule has 1 unspecified atom stereocenters. The monoisotopic (exact) mass is 348 g/mol. The molecule has 1 heterocycles. The first kappa shape index (κ1) is 19.1. The van der Waals surface area contributed by atoms with Gasteiger partial charge >= 0.3 is 0 Å². The first-order chi connectivity index (χ1) is 12.1. The van der Waals surface area contributed by atoms with E-state index in [2.05, 4.69) is 15.6 Å². The van der Waals surface area contributed by atoms with Crippen molar-refractivity contribution in [1.29, 1.82) is 0 Å². The van der Waals surface area contributed by atoms with Crippen molar-refractivity contribution in [3.05, 3.63) is 30.3 Å². The zero-order valence-electron chi connectivity index (χ0n) is 15.0. The average Bonchev–Trinajstić information content (AvgIpc) is 3.14. The average molecular weight is 348 g/mol. The van der Waals surface area contributed by atoms with Crippen LogP contribution in [0.1, 0.15) is 12.8 Å². The van der Waals surface area contributed by atoms with Crippen molar-refractivity contribution in [2.24, 2.45) is 4.99 Å². The number of nitrogens with one attached hydrogen (secondary N) is 2. The number of hydrogen-bond donors (Lipinski definition) is 2. The van der Waals surface area contributed by atoms with Crippen LogP contribution in [0, 0.1) is 0 Å². The van der Waals surface area contributed by atoms with Crippen molar-refractivity contribution in [2.45, 2.75) is 18.9 Å². The maximum Gasteiger partial charge on any atom is 0.243 e. The van der Waals surface area contributed by atoms with Crippen molar-refractivity contribution in [2.75, 3.05) is 46.9 Å². The molecule has 7 heteroatoms. The van der Waals surface area contributed by atoms with Gasteiger partial charge in [-0.1, -0.05) is 18.2 Å². The summed E-state index contributed by atoms with van der Waals surface area (Å²) in [4.78, 5) is 17.6. The Morgan fingerprint density at radius 2 is 2.12 bits per heavy atom. The molecule has 2 rings (SSSR count). The molecule has 0 bridgehead atoms. The highest BCUT2D eigenvalue weighted by Crippen LogP contribution is 2.10. The molecule has 2 N–H and O–H groups in total. The van der Waals surface area contributed by atoms with E-state index in [-0.39, 0.29) is 18.6 Å². The molecule has 1 aliphatic rings. The van der Waals surface area contributed by atoms with Crippen molar-refractivity contribution in [3.8, 4) is 5.75 Å². The van der Waals surface area contributed by atoms with Crippen molar-refractivity contribution in [1.82, 2.24) is 15.5 Å². The van der Waals surface area contributed by atoms with Crippen molar-refractivity contribution >= 4 is 11.9 Å². The molecule has 138 valence electrons. The lowest BCUT2D eigenvalue weighted by atomic mass is 10.2. The summed E-state index contributed by atoms with van der Waals surface area (Å²) < 4.78 is 11.3. The smallest absolute Gasteiger partial charge is 0.243 e. The molecule has 7 nitrogen and oxygen atoms in total. The fourth-order valence-corrected chi connectivity index (χ4v) is 2.33. The number of benzene rings is 1. The number of carbonyl (C=O) groups is 1. The summed E-state index contributed by atoms with van der Waals surface area (Å²) in [5.41, 5.74) is 0. The van der Waals surface area contributed by atoms with Gasteiger partial charge in [0.25, 0.3) is 0 Å². The van der Waals surface area contributed by atoms with Gasteiger partial charge in [0, 0.05) is 27.2 Å². The Kier molecular flexibility index (Phi) is 8.04. The normalized spacial score (nSPS) is 17.2. The van der Waals surface area contributed by atoms with Crippen LogP contribution in [-0.2, 0) is 9.53 Å². The van der Waals surface area contributed by atoms with Gasteiger partial charge in [0.15, 0.2) is 5.96 Å². The van der Waals surface area contributed by atoms with E-state index in [0.717, 1.165) is 25.2 Å². The highest BCUT2D eigenvalue weighted by molar-refractivity contribution is 5.84. The molecule has 1 aromatic rings. The number of guanidine groups is 1. The van der Waals surface area contributed by atoms with Crippen LogP contribution in [0.25, 0.3) is 0 Å². The van der Waals surface area contributed by atoms with Crippen LogP contribution >= 0.6 is 0 Å². The summed E-state index contributed by atoms with van der Waals surface area (Å²) in [7, 11) is 3.44. The predicted octanol–water partition coefficient (Wildman–Crippen LogP) is 0.868. The number of carbonyl (C=O) groups excluding carboxylic acids is 1. The number of hydrogen-bond acceptors (Lipinski definition) is 4. The number of amides is 1. The molecule has 0 spiro atoms. The number of ether oxygens (including phenoxy) is 2. The molecule has 0 aliphatic carbocycles. The molecular weight excluding hydrogens is 320 g/mol. The lowest BCUT2D eigenvalue weighted by molar-refractivity contribution is -0.127. The number of para-hydroxylation sites is 1. The molecule has 1 aliphatic heterocycles. The number of likely N-dealkylation sites (N-methyl/N-ethyl adjacent to an activating group) is 1. The second-order valence-electron chi connectivity index (χ2n) is 6.06. The summed E-state index contributed by atoms with van der Waals surface area (Å²) in [5, 5.41) is 6.44. The zero-order valence-corrected chi connectivity index (χ0v) is 15.0. The second kappa shape index (κ2) is 10.6. The Labute approximate surface area is 149 Å². The Morgan fingerprint density at radius 3 is 2.80 bits per heavy atom. The Balaban J connectivity index is 1.77. The number of aliphatic imine (C=N–C) groups is 1. The summed E-state index contributed by atoms with van der Waals surface area (Å²) in [6, 6.07) is 9.66. The maximum atomic E-state index is 11.7. The van der Waals surface area contributed by atoms with Gasteiger partial charge in [0.05, 0.1) is 12.6 Å². The van der Waals surface area contributed by atoms with Gasteiger partial charge < -0.3 is 25.0 Å². The Bertz CT molecular complexity index is 543. The fraction of sp³-hybridized carbons (Fsp3) is 0.556. The van der Waals surface area contributed by atoms with Gasteiger partial charge in [-0.3, -0.25) is 4.79 Å². The maximum absolute atomic E-state index is 11.7. The van der Waals surface area contributed by atoms with Crippen molar-refractivity contribution in [3.63, 3.8) is 0 Å². The van der Waals surface area contributed by atoms with E-state index in [9.17, 15) is 4.79 Å². The summed E-state index contributed by atoms with van der Waals surface area (Å²) in [6.07, 6.45) is 2.35. The van der Waals surface area contributed by atoms with E-state index in [1.807, 2.05) is 30.3 Å². The third-order valence-corrected chi connectivity index (χ3v) is 3.80. The van der Waals surface area contributed by atoms with Gasteiger partial charge in [0.1, 0.15) is 18.9 Å². The zero-order chi connectivity index (χ0) is 17.9. The minimum atomic E-state index is -0.0428. The van der Waals surface area contributed by atoms with E-state index in [1.54, 1.807) is 14.1 Å². The molecular formula is C18H28N4O3. The van der Waals surface area contributed by atoms with Gasteiger partial charge in [-0.25, -0.2) is 4.99 Å². The fourth-order valence-electron chi connectivity index (χ4n) is 2.33. The lowest BCUT2D eigenvalue weighted by Gasteiger charge is -2.16. The van der Waals surface area contributed by atoms with Crippen LogP contribution in [0.2, 0.25) is 0 Å². The number of nitrogens with zero attached hydrogens (tertiary/aromatic N) is 2. The molecule has 0 aromatic heterocycles. The van der Waals surface area contributed by atoms with Gasteiger partial charge in [0.2, 0.25) is 5.91 Å². The van der Waals surface area contributed by atoms with E-state index in [1.165, 1.54) is 4.90 Å². The van der Waals surface area contributed by atoms with Crippen LogP contribution < -0.4 is 15.4 Å². The van der Waals surface area contributed by atoms with E-state index in [4.69, 9.17) is 9.47 Å². The highest BCUT2D eigenvalue weighted by Gasteiger charge is 2.15. The molecule has 1 amide bonds. The summed E-state index contributed by atoms with van der Waals surface area (Å²) in [5.74, 6) is 1.39. The predicted molar refractivity (Wildman–Crippen MR) is 97.9 cm³/mol. The lowest BCUT2D eigenvalue weighted by Crippen LogP contribution is -2.43. The van der Waals surface area contributed by atoms with Crippen molar-refractivity contribution < 1.29 is 14.3 Å². The second-order valence-corrected chi connectivity index (χ2v) is 6.06. The Morgan fingerprint density at radius 1 is 1.32 bits per heavy atom. The molecule has 0 radical (unpaired) electrons. The topological polar surface area (TPSA) is 75.2 Å². The summed E-state index contributed by atoms with van der Waals surface area (Å²) in [6.45, 7) is 2.69. The first-order valence-corrected chi connectivity index (χ1v) is 8.67. The summed E-state index contributed by atoms with van der Waals surface area (Å²) >= 11 is 0. The van der Waals surface area contributed by atoms with E-state index < -0.39 is 0 Å². The molecule has 25 heavy (non-hydrogen) atoms. The van der Waals surface area contributed by atoms with Gasteiger partial charge in [-0.15, -0.1) is 0 Å². The van der Waals surface area contributed by atoms with Crippen LogP contribution in [-0.4, -0.2) is 69.8 Å². The van der Waals surface area contributed by atoms with Gasteiger partial charge in [-0.05, 0) is 25.0 Å². The highest BCUT2D eigenvalue weighted by atomic mass is 16.5.